The van der Waals surface area contributed by atoms with E-state index in [9.17, 15) is 18.0 Å². The molecule has 1 aliphatic heterocycles. The second-order valence-corrected chi connectivity index (χ2v) is 6.20. The fourth-order valence-corrected chi connectivity index (χ4v) is 4.04. The van der Waals surface area contributed by atoms with Crippen molar-refractivity contribution in [3.05, 3.63) is 11.6 Å². The van der Waals surface area contributed by atoms with Crippen molar-refractivity contribution in [3.8, 4) is 0 Å². The van der Waals surface area contributed by atoms with Crippen LogP contribution in [0.2, 0.25) is 0 Å². The highest BCUT2D eigenvalue weighted by atomic mass is 19.4. The van der Waals surface area contributed by atoms with Crippen molar-refractivity contribution < 1.29 is 18.0 Å². The van der Waals surface area contributed by atoms with Crippen molar-refractivity contribution in [1.82, 2.24) is 4.90 Å². The number of hydrogen-bond acceptors (Lipinski definition) is 2. The van der Waals surface area contributed by atoms with Crippen molar-refractivity contribution >= 4 is 5.91 Å². The summed E-state index contributed by atoms with van der Waals surface area (Å²) >= 11 is 0. The number of fused-ring (bicyclic) bond motifs is 2. The fraction of sp³-hybridized carbons (Fsp3) is 0.786. The summed E-state index contributed by atoms with van der Waals surface area (Å²) in [5, 5.41) is 0. The van der Waals surface area contributed by atoms with Gasteiger partial charge in [0, 0.05) is 24.7 Å². The van der Waals surface area contributed by atoms with E-state index < -0.39 is 11.7 Å². The van der Waals surface area contributed by atoms with Crippen LogP contribution in [0.3, 0.4) is 0 Å². The summed E-state index contributed by atoms with van der Waals surface area (Å²) in [7, 11) is 0. The van der Waals surface area contributed by atoms with Crippen LogP contribution in [0.25, 0.3) is 0 Å². The largest absolute Gasteiger partial charge is 0.412 e. The average Bonchev–Trinajstić information content (AvgIpc) is 2.98. The first kappa shape index (κ1) is 13.9. The summed E-state index contributed by atoms with van der Waals surface area (Å²) in [6, 6.07) is -0.103. The normalized spacial score (nSPS) is 37.2. The number of nitrogens with two attached hydrogens (primary N) is 1. The average molecular weight is 288 g/mol. The second-order valence-electron chi connectivity index (χ2n) is 6.20. The van der Waals surface area contributed by atoms with Crippen LogP contribution in [-0.2, 0) is 4.79 Å². The molecule has 0 aromatic rings. The van der Waals surface area contributed by atoms with Crippen LogP contribution in [0, 0.1) is 17.8 Å². The van der Waals surface area contributed by atoms with Gasteiger partial charge in [-0.2, -0.15) is 13.2 Å². The zero-order valence-electron chi connectivity index (χ0n) is 11.2. The second kappa shape index (κ2) is 4.76. The van der Waals surface area contributed by atoms with E-state index in [-0.39, 0.29) is 37.4 Å². The molecule has 3 nitrogen and oxygen atoms in total. The summed E-state index contributed by atoms with van der Waals surface area (Å²) < 4.78 is 37.7. The van der Waals surface area contributed by atoms with E-state index in [2.05, 4.69) is 0 Å². The van der Waals surface area contributed by atoms with Gasteiger partial charge < -0.3 is 10.6 Å². The molecular weight excluding hydrogens is 269 g/mol. The molecule has 3 rings (SSSR count). The lowest BCUT2D eigenvalue weighted by Gasteiger charge is -2.34. The predicted octanol–water partition coefficient (Wildman–Crippen LogP) is 2.08. The van der Waals surface area contributed by atoms with E-state index in [4.69, 9.17) is 5.73 Å². The number of nitrogens with zero attached hydrogens (tertiary/aromatic N) is 1. The predicted molar refractivity (Wildman–Crippen MR) is 67.6 cm³/mol. The van der Waals surface area contributed by atoms with Crippen molar-refractivity contribution in [2.45, 2.75) is 37.9 Å². The minimum atomic E-state index is -4.27. The van der Waals surface area contributed by atoms with Gasteiger partial charge in [0.15, 0.2) is 0 Å². The zero-order chi connectivity index (χ0) is 14.5. The quantitative estimate of drug-likeness (QED) is 0.751. The molecule has 0 radical (unpaired) electrons. The molecule has 0 spiro atoms. The van der Waals surface area contributed by atoms with Gasteiger partial charge in [-0.25, -0.2) is 0 Å². The van der Waals surface area contributed by atoms with Crippen LogP contribution in [0.1, 0.15) is 25.7 Å². The standard InChI is InChI=1S/C14H19F3N2O/c15-14(16,17)10-3-5-19(6-4-10)13(20)11-8-1-2-9(7-8)12(11)18/h3,8-9,11-12H,1-2,4-7,18H2. The van der Waals surface area contributed by atoms with Crippen molar-refractivity contribution in [3.63, 3.8) is 0 Å². The van der Waals surface area contributed by atoms with Crippen molar-refractivity contribution in [1.29, 1.82) is 0 Å². The Balaban J connectivity index is 1.67. The molecule has 2 saturated carbocycles. The first-order valence-corrected chi connectivity index (χ1v) is 7.18. The summed E-state index contributed by atoms with van der Waals surface area (Å²) in [6.07, 6.45) is -0.0988. The number of carbonyl (C=O) groups is 1. The van der Waals surface area contributed by atoms with Gasteiger partial charge in [0.25, 0.3) is 0 Å². The van der Waals surface area contributed by atoms with E-state index in [1.807, 2.05) is 0 Å². The Kier molecular flexibility index (Phi) is 3.31. The number of alkyl halides is 3. The lowest BCUT2D eigenvalue weighted by atomic mass is 9.83. The maximum Gasteiger partial charge on any atom is 0.412 e. The molecule has 0 aromatic heterocycles. The summed E-state index contributed by atoms with van der Waals surface area (Å²) in [5.41, 5.74) is 5.61. The van der Waals surface area contributed by atoms with E-state index in [0.29, 0.717) is 11.8 Å². The lowest BCUT2D eigenvalue weighted by Crippen LogP contribution is -2.48. The molecule has 20 heavy (non-hydrogen) atoms. The topological polar surface area (TPSA) is 46.3 Å². The van der Waals surface area contributed by atoms with E-state index >= 15 is 0 Å². The minimum Gasteiger partial charge on any atom is -0.338 e. The molecule has 2 aliphatic carbocycles. The Morgan fingerprint density at radius 3 is 2.50 bits per heavy atom. The summed E-state index contributed by atoms with van der Waals surface area (Å²) in [6.45, 7) is 0.221. The monoisotopic (exact) mass is 288 g/mol. The Morgan fingerprint density at radius 2 is 2.00 bits per heavy atom. The number of hydrogen-bond donors (Lipinski definition) is 1. The van der Waals surface area contributed by atoms with E-state index in [0.717, 1.165) is 25.3 Å². The molecule has 0 saturated heterocycles. The third-order valence-electron chi connectivity index (χ3n) is 5.15. The molecule has 4 atom stereocenters. The number of halogens is 3. The number of carbonyl (C=O) groups excluding carboxylic acids is 1. The third kappa shape index (κ3) is 2.24. The van der Waals surface area contributed by atoms with Crippen LogP contribution in [-0.4, -0.2) is 36.1 Å². The third-order valence-corrected chi connectivity index (χ3v) is 5.15. The Hall–Kier alpha value is -1.04. The van der Waals surface area contributed by atoms with E-state index in [1.54, 1.807) is 4.90 Å². The summed E-state index contributed by atoms with van der Waals surface area (Å²) in [5.74, 6) is 0.562. The molecule has 1 amide bonds. The van der Waals surface area contributed by atoms with Crippen LogP contribution < -0.4 is 5.73 Å². The van der Waals surface area contributed by atoms with Crippen molar-refractivity contribution in [2.24, 2.45) is 23.5 Å². The SMILES string of the molecule is NC1C2CCC(C2)C1C(=O)N1CC=C(C(F)(F)F)CC1. The molecule has 2 fully saturated rings. The highest BCUT2D eigenvalue weighted by molar-refractivity contribution is 5.81. The molecule has 2 bridgehead atoms. The fourth-order valence-electron chi connectivity index (χ4n) is 4.04. The van der Waals surface area contributed by atoms with Crippen LogP contribution in [0.4, 0.5) is 13.2 Å². The van der Waals surface area contributed by atoms with Gasteiger partial charge >= 0.3 is 6.18 Å². The molecule has 0 aromatic carbocycles. The maximum absolute atomic E-state index is 12.6. The van der Waals surface area contributed by atoms with Crippen LogP contribution >= 0.6 is 0 Å². The van der Waals surface area contributed by atoms with Gasteiger partial charge in [0.1, 0.15) is 0 Å². The molecule has 2 N–H and O–H groups in total. The van der Waals surface area contributed by atoms with E-state index in [1.165, 1.54) is 0 Å². The first-order chi connectivity index (χ1) is 9.38. The summed E-state index contributed by atoms with van der Waals surface area (Å²) in [4.78, 5) is 14.0. The van der Waals surface area contributed by atoms with Gasteiger partial charge in [-0.05, 0) is 37.5 Å². The lowest BCUT2D eigenvalue weighted by molar-refractivity contribution is -0.138. The molecule has 3 aliphatic rings. The first-order valence-electron chi connectivity index (χ1n) is 7.18. The van der Waals surface area contributed by atoms with Crippen molar-refractivity contribution in [2.75, 3.05) is 13.1 Å². The minimum absolute atomic E-state index is 0.0397. The van der Waals surface area contributed by atoms with Crippen LogP contribution in [0.15, 0.2) is 11.6 Å². The number of rotatable bonds is 1. The van der Waals surface area contributed by atoms with Gasteiger partial charge in [-0.15, -0.1) is 0 Å². The van der Waals surface area contributed by atoms with Crippen LogP contribution in [0.5, 0.6) is 0 Å². The zero-order valence-corrected chi connectivity index (χ0v) is 11.2. The Bertz CT molecular complexity index is 444. The van der Waals surface area contributed by atoms with Gasteiger partial charge in [0.2, 0.25) is 5.91 Å². The molecule has 1 heterocycles. The number of amides is 1. The highest BCUT2D eigenvalue weighted by Gasteiger charge is 2.50. The molecule has 4 unspecified atom stereocenters. The molecular formula is C14H19F3N2O. The van der Waals surface area contributed by atoms with Gasteiger partial charge in [0.05, 0.1) is 5.92 Å². The maximum atomic E-state index is 12.6. The smallest absolute Gasteiger partial charge is 0.338 e. The highest BCUT2D eigenvalue weighted by Crippen LogP contribution is 2.48. The molecule has 112 valence electrons. The molecule has 6 heteroatoms. The van der Waals surface area contributed by atoms with Gasteiger partial charge in [-0.3, -0.25) is 4.79 Å². The Labute approximate surface area is 116 Å². The van der Waals surface area contributed by atoms with Gasteiger partial charge in [-0.1, -0.05) is 6.08 Å². The Morgan fingerprint density at radius 1 is 1.30 bits per heavy atom.